The standard InChI is InChI=1S/C26H30FN5O2S/c1-3-24(34)28-21-11-7-19(8-12-21)23(33)17-35-26-30-29-25(18(2)31-15-5-4-6-16-31)32(26)22-13-9-20(27)10-14-22/h7-14,18H,3-6,15-17H2,1-2H3,(H,28,34)/t18-/m0/s1. The quantitative estimate of drug-likeness (QED) is 0.322. The smallest absolute Gasteiger partial charge is 0.224 e. The molecule has 184 valence electrons. The van der Waals surface area contributed by atoms with Gasteiger partial charge in [-0.15, -0.1) is 10.2 Å². The first kappa shape index (κ1) is 25.1. The lowest BCUT2D eigenvalue weighted by Gasteiger charge is -2.31. The monoisotopic (exact) mass is 495 g/mol. The molecular weight excluding hydrogens is 465 g/mol. The number of amides is 1. The Bertz CT molecular complexity index is 1160. The maximum absolute atomic E-state index is 13.6. The lowest BCUT2D eigenvalue weighted by molar-refractivity contribution is -0.115. The van der Waals surface area contributed by atoms with Crippen LogP contribution >= 0.6 is 11.8 Å². The van der Waals surface area contributed by atoms with Crippen LogP contribution < -0.4 is 5.32 Å². The van der Waals surface area contributed by atoms with Gasteiger partial charge >= 0.3 is 0 Å². The van der Waals surface area contributed by atoms with E-state index < -0.39 is 0 Å². The minimum absolute atomic E-state index is 0.0452. The Hall–Kier alpha value is -3.04. The summed E-state index contributed by atoms with van der Waals surface area (Å²) in [7, 11) is 0. The Morgan fingerprint density at radius 1 is 1.03 bits per heavy atom. The van der Waals surface area contributed by atoms with Gasteiger partial charge < -0.3 is 5.32 Å². The Balaban J connectivity index is 1.53. The molecule has 0 radical (unpaired) electrons. The van der Waals surface area contributed by atoms with Gasteiger partial charge in [-0.2, -0.15) is 0 Å². The normalized spacial score (nSPS) is 15.1. The second-order valence-electron chi connectivity index (χ2n) is 8.62. The number of hydrogen-bond acceptors (Lipinski definition) is 6. The summed E-state index contributed by atoms with van der Waals surface area (Å²) in [4.78, 5) is 26.8. The largest absolute Gasteiger partial charge is 0.326 e. The van der Waals surface area contributed by atoms with Crippen LogP contribution in [0, 0.1) is 5.82 Å². The van der Waals surface area contributed by atoms with E-state index in [9.17, 15) is 14.0 Å². The number of aromatic nitrogens is 3. The SMILES string of the molecule is CCC(=O)Nc1ccc(C(=O)CSc2nnc([C@H](C)N3CCCCC3)n2-c2ccc(F)cc2)cc1. The minimum atomic E-state index is -0.310. The summed E-state index contributed by atoms with van der Waals surface area (Å²) in [5.74, 6) is 0.523. The molecule has 7 nitrogen and oxygen atoms in total. The lowest BCUT2D eigenvalue weighted by Crippen LogP contribution is -2.33. The van der Waals surface area contributed by atoms with Gasteiger partial charge in [0.15, 0.2) is 16.8 Å². The first-order valence-electron chi connectivity index (χ1n) is 12.0. The summed E-state index contributed by atoms with van der Waals surface area (Å²) in [5.41, 5.74) is 1.98. The highest BCUT2D eigenvalue weighted by molar-refractivity contribution is 7.99. The summed E-state index contributed by atoms with van der Waals surface area (Å²) in [6, 6.07) is 13.2. The molecular formula is C26H30FN5O2S. The molecule has 0 bridgehead atoms. The molecule has 0 saturated carbocycles. The number of nitrogens with zero attached hydrogens (tertiary/aromatic N) is 4. The summed E-state index contributed by atoms with van der Waals surface area (Å²) in [6.07, 6.45) is 3.95. The molecule has 1 fully saturated rings. The Morgan fingerprint density at radius 2 is 1.71 bits per heavy atom. The maximum atomic E-state index is 13.6. The topological polar surface area (TPSA) is 80.1 Å². The van der Waals surface area contributed by atoms with Crippen LogP contribution in [0.2, 0.25) is 0 Å². The predicted molar refractivity (Wildman–Crippen MR) is 136 cm³/mol. The van der Waals surface area contributed by atoms with Crippen LogP contribution in [-0.2, 0) is 4.79 Å². The van der Waals surface area contributed by atoms with E-state index in [1.54, 1.807) is 43.3 Å². The predicted octanol–water partition coefficient (Wildman–Crippen LogP) is 5.28. The summed E-state index contributed by atoms with van der Waals surface area (Å²) in [5, 5.41) is 12.3. The summed E-state index contributed by atoms with van der Waals surface area (Å²) in [6.45, 7) is 5.92. The molecule has 1 aliphatic heterocycles. The van der Waals surface area contributed by atoms with Crippen LogP contribution in [0.1, 0.15) is 61.8 Å². The number of anilines is 1. The van der Waals surface area contributed by atoms with Crippen LogP contribution in [0.4, 0.5) is 10.1 Å². The molecule has 2 heterocycles. The number of benzene rings is 2. The number of Topliss-reactive ketones (excluding diaryl/α,β-unsaturated/α-hetero) is 1. The number of carbonyl (C=O) groups excluding carboxylic acids is 2. The van der Waals surface area contributed by atoms with Gasteiger partial charge in [-0.25, -0.2) is 4.39 Å². The second kappa shape index (κ2) is 11.6. The third kappa shape index (κ3) is 6.15. The number of hydrogen-bond donors (Lipinski definition) is 1. The van der Waals surface area contributed by atoms with Crippen LogP contribution in [-0.4, -0.2) is 50.2 Å². The molecule has 1 saturated heterocycles. The highest BCUT2D eigenvalue weighted by Crippen LogP contribution is 2.30. The number of ketones is 1. The van der Waals surface area contributed by atoms with Crippen molar-refractivity contribution in [3.63, 3.8) is 0 Å². The molecule has 35 heavy (non-hydrogen) atoms. The molecule has 4 rings (SSSR count). The van der Waals surface area contributed by atoms with E-state index >= 15 is 0 Å². The van der Waals surface area contributed by atoms with Crippen LogP contribution in [0.5, 0.6) is 0 Å². The Morgan fingerprint density at radius 3 is 2.37 bits per heavy atom. The van der Waals surface area contributed by atoms with Crippen LogP contribution in [0.25, 0.3) is 5.69 Å². The van der Waals surface area contributed by atoms with Crippen molar-refractivity contribution in [3.8, 4) is 5.69 Å². The fourth-order valence-electron chi connectivity index (χ4n) is 4.15. The minimum Gasteiger partial charge on any atom is -0.326 e. The average molecular weight is 496 g/mol. The van der Waals surface area contributed by atoms with Gasteiger partial charge in [0.25, 0.3) is 0 Å². The molecule has 1 N–H and O–H groups in total. The van der Waals surface area contributed by atoms with Crippen LogP contribution in [0.15, 0.2) is 53.7 Å². The summed E-state index contributed by atoms with van der Waals surface area (Å²) >= 11 is 1.31. The van der Waals surface area contributed by atoms with Crippen molar-refractivity contribution in [1.82, 2.24) is 19.7 Å². The van der Waals surface area contributed by atoms with Crippen molar-refractivity contribution in [2.75, 3.05) is 24.2 Å². The molecule has 2 aromatic carbocycles. The number of carbonyl (C=O) groups is 2. The van der Waals surface area contributed by atoms with E-state index in [4.69, 9.17) is 0 Å². The fourth-order valence-corrected chi connectivity index (χ4v) is 5.00. The zero-order valence-corrected chi connectivity index (χ0v) is 20.9. The van der Waals surface area contributed by atoms with Crippen molar-refractivity contribution in [2.45, 2.75) is 50.7 Å². The number of nitrogens with one attached hydrogen (secondary N) is 1. The van der Waals surface area contributed by atoms with Crippen LogP contribution in [0.3, 0.4) is 0 Å². The van der Waals surface area contributed by atoms with E-state index in [1.807, 2.05) is 4.57 Å². The molecule has 3 aromatic rings. The third-order valence-corrected chi connectivity index (χ3v) is 7.13. The second-order valence-corrected chi connectivity index (χ2v) is 9.56. The van der Waals surface area contributed by atoms with Gasteiger partial charge in [0.05, 0.1) is 11.8 Å². The van der Waals surface area contributed by atoms with Crippen molar-refractivity contribution < 1.29 is 14.0 Å². The van der Waals surface area contributed by atoms with Gasteiger partial charge in [-0.3, -0.25) is 19.1 Å². The van der Waals surface area contributed by atoms with Gasteiger partial charge in [0.2, 0.25) is 5.91 Å². The Kier molecular flexibility index (Phi) is 8.30. The molecule has 1 aromatic heterocycles. The van der Waals surface area contributed by atoms with Gasteiger partial charge in [-0.05, 0) is 81.4 Å². The van der Waals surface area contributed by atoms with E-state index in [2.05, 4.69) is 27.3 Å². The first-order valence-corrected chi connectivity index (χ1v) is 13.0. The highest BCUT2D eigenvalue weighted by Gasteiger charge is 2.26. The van der Waals surface area contributed by atoms with Crippen molar-refractivity contribution in [2.24, 2.45) is 0 Å². The molecule has 1 atom stereocenters. The number of likely N-dealkylation sites (tertiary alicyclic amines) is 1. The third-order valence-electron chi connectivity index (χ3n) is 6.20. The number of rotatable bonds is 9. The number of thioether (sulfide) groups is 1. The van der Waals surface area contributed by atoms with E-state index in [0.29, 0.717) is 22.8 Å². The van der Waals surface area contributed by atoms with E-state index in [1.165, 1.54) is 30.3 Å². The maximum Gasteiger partial charge on any atom is 0.224 e. The van der Waals surface area contributed by atoms with Crippen molar-refractivity contribution >= 4 is 29.1 Å². The van der Waals surface area contributed by atoms with Crippen molar-refractivity contribution in [3.05, 3.63) is 65.7 Å². The van der Waals surface area contributed by atoms with Gasteiger partial charge in [0.1, 0.15) is 5.82 Å². The average Bonchev–Trinajstić information content (AvgIpc) is 3.32. The zero-order valence-electron chi connectivity index (χ0n) is 20.0. The fraction of sp³-hybridized carbons (Fsp3) is 0.385. The Labute approximate surface area is 209 Å². The molecule has 9 heteroatoms. The van der Waals surface area contributed by atoms with E-state index in [-0.39, 0.29) is 29.3 Å². The summed E-state index contributed by atoms with van der Waals surface area (Å²) < 4.78 is 15.5. The molecule has 1 amide bonds. The highest BCUT2D eigenvalue weighted by atomic mass is 32.2. The molecule has 0 aliphatic carbocycles. The first-order chi connectivity index (χ1) is 17.0. The van der Waals surface area contributed by atoms with Gasteiger partial charge in [-0.1, -0.05) is 25.1 Å². The van der Waals surface area contributed by atoms with Crippen molar-refractivity contribution in [1.29, 1.82) is 0 Å². The van der Waals surface area contributed by atoms with E-state index in [0.717, 1.165) is 37.4 Å². The number of halogens is 1. The molecule has 0 spiro atoms. The molecule has 0 unspecified atom stereocenters. The zero-order chi connectivity index (χ0) is 24.8. The number of piperidine rings is 1. The molecule has 1 aliphatic rings. The lowest BCUT2D eigenvalue weighted by atomic mass is 10.1. The van der Waals surface area contributed by atoms with Gasteiger partial charge in [0, 0.05) is 23.4 Å².